The van der Waals surface area contributed by atoms with E-state index < -0.39 is 0 Å². The SMILES string of the molecule is C#CCSc1nc(=O)n(CC2CCCO2)c2c1CCCC2. The third-order valence-corrected chi connectivity index (χ3v) is 5.08. The minimum atomic E-state index is -0.148. The van der Waals surface area contributed by atoms with Crippen molar-refractivity contribution in [1.29, 1.82) is 0 Å². The van der Waals surface area contributed by atoms with Gasteiger partial charge in [-0.25, -0.2) is 4.79 Å². The molecule has 1 aliphatic carbocycles. The third-order valence-electron chi connectivity index (χ3n) is 4.15. The minimum absolute atomic E-state index is 0.148. The third kappa shape index (κ3) is 3.17. The van der Waals surface area contributed by atoms with Crippen LogP contribution in [0.1, 0.15) is 36.9 Å². The molecule has 0 amide bonds. The lowest BCUT2D eigenvalue weighted by atomic mass is 9.97. The van der Waals surface area contributed by atoms with Crippen molar-refractivity contribution in [3.63, 3.8) is 0 Å². The van der Waals surface area contributed by atoms with E-state index in [1.807, 2.05) is 4.57 Å². The van der Waals surface area contributed by atoms with Gasteiger partial charge < -0.3 is 4.74 Å². The number of nitrogens with zero attached hydrogens (tertiary/aromatic N) is 2. The molecule has 112 valence electrons. The average Bonchev–Trinajstić information content (AvgIpc) is 3.01. The molecule has 1 fully saturated rings. The molecule has 1 aliphatic heterocycles. The molecule has 0 bridgehead atoms. The second-order valence-corrected chi connectivity index (χ2v) is 6.53. The van der Waals surface area contributed by atoms with Crippen molar-refractivity contribution in [3.05, 3.63) is 21.7 Å². The van der Waals surface area contributed by atoms with Crippen LogP contribution >= 0.6 is 11.8 Å². The molecule has 21 heavy (non-hydrogen) atoms. The molecule has 2 heterocycles. The number of rotatable bonds is 4. The van der Waals surface area contributed by atoms with Gasteiger partial charge in [0, 0.05) is 17.9 Å². The number of terminal acetylenes is 1. The van der Waals surface area contributed by atoms with Crippen LogP contribution in [-0.4, -0.2) is 28.0 Å². The first-order valence-electron chi connectivity index (χ1n) is 7.60. The molecule has 0 saturated carbocycles. The maximum atomic E-state index is 12.4. The molecule has 2 aliphatic rings. The summed E-state index contributed by atoms with van der Waals surface area (Å²) in [6.45, 7) is 1.46. The van der Waals surface area contributed by atoms with Gasteiger partial charge in [0.05, 0.1) is 18.4 Å². The Morgan fingerprint density at radius 1 is 1.38 bits per heavy atom. The van der Waals surface area contributed by atoms with E-state index >= 15 is 0 Å². The highest BCUT2D eigenvalue weighted by molar-refractivity contribution is 7.99. The van der Waals surface area contributed by atoms with Crippen molar-refractivity contribution in [3.8, 4) is 12.3 Å². The van der Waals surface area contributed by atoms with Gasteiger partial charge in [-0.2, -0.15) is 4.98 Å². The van der Waals surface area contributed by atoms with Gasteiger partial charge in [0.2, 0.25) is 0 Å². The maximum Gasteiger partial charge on any atom is 0.348 e. The van der Waals surface area contributed by atoms with Crippen molar-refractivity contribution in [1.82, 2.24) is 9.55 Å². The van der Waals surface area contributed by atoms with Crippen molar-refractivity contribution in [2.75, 3.05) is 12.4 Å². The number of ether oxygens (including phenoxy) is 1. The van der Waals surface area contributed by atoms with Crippen molar-refractivity contribution in [2.24, 2.45) is 0 Å². The first-order valence-corrected chi connectivity index (χ1v) is 8.58. The highest BCUT2D eigenvalue weighted by Gasteiger charge is 2.23. The number of hydrogen-bond donors (Lipinski definition) is 0. The Hall–Kier alpha value is -1.25. The molecule has 0 aromatic carbocycles. The standard InChI is InChI=1S/C16H20N2O2S/c1-2-10-21-15-13-7-3-4-8-14(13)18(16(19)17-15)11-12-6-5-9-20-12/h1,12H,3-11H2. The zero-order chi connectivity index (χ0) is 14.7. The van der Waals surface area contributed by atoms with Gasteiger partial charge in [-0.3, -0.25) is 4.57 Å². The molecule has 4 nitrogen and oxygen atoms in total. The number of hydrogen-bond acceptors (Lipinski definition) is 4. The summed E-state index contributed by atoms with van der Waals surface area (Å²) in [7, 11) is 0. The van der Waals surface area contributed by atoms with Gasteiger partial charge >= 0.3 is 5.69 Å². The Morgan fingerprint density at radius 3 is 3.00 bits per heavy atom. The average molecular weight is 304 g/mol. The highest BCUT2D eigenvalue weighted by atomic mass is 32.2. The molecule has 1 aromatic rings. The quantitative estimate of drug-likeness (QED) is 0.485. The fraction of sp³-hybridized carbons (Fsp3) is 0.625. The molecule has 1 aromatic heterocycles. The summed E-state index contributed by atoms with van der Waals surface area (Å²) < 4.78 is 7.53. The Labute approximate surface area is 129 Å². The molecule has 5 heteroatoms. The Kier molecular flexibility index (Phi) is 4.67. The zero-order valence-corrected chi connectivity index (χ0v) is 13.0. The van der Waals surface area contributed by atoms with Gasteiger partial charge in [0.25, 0.3) is 0 Å². The van der Waals surface area contributed by atoms with Crippen molar-refractivity contribution >= 4 is 11.8 Å². The lowest BCUT2D eigenvalue weighted by Gasteiger charge is -2.23. The monoisotopic (exact) mass is 304 g/mol. The van der Waals surface area contributed by atoms with Gasteiger partial charge in [-0.1, -0.05) is 17.7 Å². The molecular weight excluding hydrogens is 284 g/mol. The molecular formula is C16H20N2O2S. The highest BCUT2D eigenvalue weighted by Crippen LogP contribution is 2.28. The Morgan fingerprint density at radius 2 is 2.24 bits per heavy atom. The van der Waals surface area contributed by atoms with Gasteiger partial charge in [-0.15, -0.1) is 6.42 Å². The smallest absolute Gasteiger partial charge is 0.348 e. The summed E-state index contributed by atoms with van der Waals surface area (Å²) in [5.41, 5.74) is 2.25. The summed E-state index contributed by atoms with van der Waals surface area (Å²) in [6.07, 6.45) is 11.9. The van der Waals surface area contributed by atoms with Crippen LogP contribution in [0.25, 0.3) is 0 Å². The van der Waals surface area contributed by atoms with Crippen LogP contribution in [0.4, 0.5) is 0 Å². The zero-order valence-electron chi connectivity index (χ0n) is 12.1. The lowest BCUT2D eigenvalue weighted by Crippen LogP contribution is -2.33. The second-order valence-electron chi connectivity index (χ2n) is 5.57. The van der Waals surface area contributed by atoms with E-state index in [-0.39, 0.29) is 11.8 Å². The number of thioether (sulfide) groups is 1. The van der Waals surface area contributed by atoms with Crippen LogP contribution < -0.4 is 5.69 Å². The van der Waals surface area contributed by atoms with Gasteiger partial charge in [0.1, 0.15) is 5.03 Å². The van der Waals surface area contributed by atoms with E-state index in [0.717, 1.165) is 55.9 Å². The molecule has 0 radical (unpaired) electrons. The molecule has 0 spiro atoms. The topological polar surface area (TPSA) is 44.1 Å². The lowest BCUT2D eigenvalue weighted by molar-refractivity contribution is 0.0947. The van der Waals surface area contributed by atoms with E-state index in [1.54, 1.807) is 0 Å². The van der Waals surface area contributed by atoms with E-state index in [1.165, 1.54) is 17.3 Å². The second kappa shape index (κ2) is 6.67. The maximum absolute atomic E-state index is 12.4. The predicted octanol–water partition coefficient (Wildman–Crippen LogP) is 2.03. The van der Waals surface area contributed by atoms with Gasteiger partial charge in [-0.05, 0) is 38.5 Å². The Balaban J connectivity index is 1.96. The van der Waals surface area contributed by atoms with Crippen LogP contribution in [0.15, 0.2) is 9.82 Å². The summed E-state index contributed by atoms with van der Waals surface area (Å²) in [6, 6.07) is 0. The first-order chi connectivity index (χ1) is 10.3. The minimum Gasteiger partial charge on any atom is -0.376 e. The fourth-order valence-electron chi connectivity index (χ4n) is 3.16. The summed E-state index contributed by atoms with van der Waals surface area (Å²) in [5.74, 6) is 3.17. The van der Waals surface area contributed by atoms with Crippen LogP contribution in [0.2, 0.25) is 0 Å². The van der Waals surface area contributed by atoms with Crippen LogP contribution in [-0.2, 0) is 24.1 Å². The van der Waals surface area contributed by atoms with Crippen LogP contribution in [0.5, 0.6) is 0 Å². The van der Waals surface area contributed by atoms with Crippen LogP contribution in [0.3, 0.4) is 0 Å². The van der Waals surface area contributed by atoms with Gasteiger partial charge in [0.15, 0.2) is 0 Å². The molecule has 1 saturated heterocycles. The molecule has 1 atom stereocenters. The molecule has 3 rings (SSSR count). The molecule has 1 unspecified atom stereocenters. The molecule has 0 N–H and O–H groups in total. The summed E-state index contributed by atoms with van der Waals surface area (Å²) in [4.78, 5) is 16.7. The first kappa shape index (κ1) is 14.7. The van der Waals surface area contributed by atoms with E-state index in [2.05, 4.69) is 10.9 Å². The van der Waals surface area contributed by atoms with Crippen molar-refractivity contribution in [2.45, 2.75) is 56.2 Å². The number of fused-ring (bicyclic) bond motifs is 1. The fourth-order valence-corrected chi connectivity index (χ4v) is 3.91. The van der Waals surface area contributed by atoms with Crippen LogP contribution in [0, 0.1) is 12.3 Å². The van der Waals surface area contributed by atoms with E-state index in [9.17, 15) is 4.79 Å². The Bertz CT molecular complexity index is 612. The van der Waals surface area contributed by atoms with E-state index in [0.29, 0.717) is 12.3 Å². The predicted molar refractivity (Wildman–Crippen MR) is 83.7 cm³/mol. The van der Waals surface area contributed by atoms with E-state index in [4.69, 9.17) is 11.2 Å². The summed E-state index contributed by atoms with van der Waals surface area (Å²) in [5, 5.41) is 0.844. The normalized spacial score (nSPS) is 21.0. The largest absolute Gasteiger partial charge is 0.376 e. The summed E-state index contributed by atoms with van der Waals surface area (Å²) >= 11 is 1.51. The van der Waals surface area contributed by atoms with Crippen molar-refractivity contribution < 1.29 is 4.74 Å². The number of aromatic nitrogens is 2.